The van der Waals surface area contributed by atoms with E-state index in [1.165, 1.54) is 13.2 Å². The zero-order valence-corrected chi connectivity index (χ0v) is 9.57. The van der Waals surface area contributed by atoms with Crippen LogP contribution in [0.25, 0.3) is 0 Å². The van der Waals surface area contributed by atoms with Gasteiger partial charge in [-0.3, -0.25) is 0 Å². The third kappa shape index (κ3) is 3.07. The van der Waals surface area contributed by atoms with Crippen LogP contribution in [0.5, 0.6) is 5.75 Å². The van der Waals surface area contributed by atoms with Gasteiger partial charge >= 0.3 is 0 Å². The minimum atomic E-state index is -0.343. The topological polar surface area (TPSA) is 34.4 Å². The largest absolute Gasteiger partial charge is 0.494 e. The SMILES string of the molecule is COc1ccc(CNCc2ccco2)cc1F. The van der Waals surface area contributed by atoms with E-state index in [2.05, 4.69) is 5.32 Å². The van der Waals surface area contributed by atoms with E-state index in [9.17, 15) is 4.39 Å². The maximum Gasteiger partial charge on any atom is 0.165 e. The Morgan fingerprint density at radius 2 is 2.18 bits per heavy atom. The third-order valence-corrected chi connectivity index (χ3v) is 2.42. The third-order valence-electron chi connectivity index (χ3n) is 2.42. The number of hydrogen-bond acceptors (Lipinski definition) is 3. The summed E-state index contributed by atoms with van der Waals surface area (Å²) in [5.74, 6) is 0.781. The normalized spacial score (nSPS) is 10.5. The van der Waals surface area contributed by atoms with Gasteiger partial charge in [-0.15, -0.1) is 0 Å². The molecule has 17 heavy (non-hydrogen) atoms. The summed E-state index contributed by atoms with van der Waals surface area (Å²) in [4.78, 5) is 0. The van der Waals surface area contributed by atoms with Crippen molar-refractivity contribution in [1.29, 1.82) is 0 Å². The molecule has 1 aromatic heterocycles. The minimum absolute atomic E-state index is 0.264. The highest BCUT2D eigenvalue weighted by molar-refractivity contribution is 5.29. The summed E-state index contributed by atoms with van der Waals surface area (Å²) in [7, 11) is 1.45. The molecule has 0 fully saturated rings. The second-order valence-electron chi connectivity index (χ2n) is 3.65. The molecule has 1 heterocycles. The van der Waals surface area contributed by atoms with Crippen LogP contribution in [-0.4, -0.2) is 7.11 Å². The van der Waals surface area contributed by atoms with Crippen LogP contribution in [0.15, 0.2) is 41.0 Å². The maximum absolute atomic E-state index is 13.4. The summed E-state index contributed by atoms with van der Waals surface area (Å²) in [5.41, 5.74) is 0.870. The quantitative estimate of drug-likeness (QED) is 0.865. The Morgan fingerprint density at radius 3 is 2.82 bits per heavy atom. The number of hydrogen-bond donors (Lipinski definition) is 1. The number of ether oxygens (including phenoxy) is 1. The first-order chi connectivity index (χ1) is 8.29. The molecule has 0 aliphatic rings. The van der Waals surface area contributed by atoms with Gasteiger partial charge < -0.3 is 14.5 Å². The number of halogens is 1. The summed E-state index contributed by atoms with van der Waals surface area (Å²) < 4.78 is 23.4. The molecule has 0 saturated carbocycles. The fourth-order valence-corrected chi connectivity index (χ4v) is 1.56. The standard InChI is InChI=1S/C13H14FNO2/c1-16-13-5-4-10(7-12(13)14)8-15-9-11-3-2-6-17-11/h2-7,15H,8-9H2,1H3. The Balaban J connectivity index is 1.89. The van der Waals surface area contributed by atoms with Gasteiger partial charge in [0.05, 0.1) is 19.9 Å². The van der Waals surface area contributed by atoms with Gasteiger partial charge in [-0.1, -0.05) is 6.07 Å². The molecule has 0 bridgehead atoms. The molecule has 0 unspecified atom stereocenters. The Labute approximate surface area is 99.2 Å². The molecule has 0 atom stereocenters. The second kappa shape index (κ2) is 5.50. The molecule has 1 N–H and O–H groups in total. The van der Waals surface area contributed by atoms with Crippen LogP contribution in [0.2, 0.25) is 0 Å². The summed E-state index contributed by atoms with van der Waals surface area (Å²) in [5, 5.41) is 3.17. The molecular weight excluding hydrogens is 221 g/mol. The fraction of sp³-hybridized carbons (Fsp3) is 0.231. The lowest BCUT2D eigenvalue weighted by Gasteiger charge is -2.06. The number of nitrogens with one attached hydrogen (secondary N) is 1. The first kappa shape index (κ1) is 11.7. The first-order valence-electron chi connectivity index (χ1n) is 5.35. The van der Waals surface area contributed by atoms with E-state index in [4.69, 9.17) is 9.15 Å². The number of furan rings is 1. The zero-order valence-electron chi connectivity index (χ0n) is 9.57. The van der Waals surface area contributed by atoms with Crippen molar-refractivity contribution < 1.29 is 13.5 Å². The van der Waals surface area contributed by atoms with Gasteiger partial charge in [0, 0.05) is 6.54 Å². The molecule has 90 valence electrons. The van der Waals surface area contributed by atoms with Crippen molar-refractivity contribution in [2.45, 2.75) is 13.1 Å². The van der Waals surface area contributed by atoms with E-state index >= 15 is 0 Å². The Morgan fingerprint density at radius 1 is 1.29 bits per heavy atom. The summed E-state index contributed by atoms with van der Waals surface area (Å²) in [6.07, 6.45) is 1.63. The Kier molecular flexibility index (Phi) is 3.77. The molecule has 0 aliphatic heterocycles. The van der Waals surface area contributed by atoms with Gasteiger partial charge in [-0.25, -0.2) is 4.39 Å². The molecule has 3 nitrogen and oxygen atoms in total. The minimum Gasteiger partial charge on any atom is -0.494 e. The van der Waals surface area contributed by atoms with Crippen LogP contribution in [0, 0.1) is 5.82 Å². The van der Waals surface area contributed by atoms with Gasteiger partial charge in [0.25, 0.3) is 0 Å². The number of benzene rings is 1. The van der Waals surface area contributed by atoms with E-state index in [-0.39, 0.29) is 11.6 Å². The van der Waals surface area contributed by atoms with Crippen molar-refractivity contribution in [2.24, 2.45) is 0 Å². The van der Waals surface area contributed by atoms with Crippen LogP contribution < -0.4 is 10.1 Å². The molecule has 0 saturated heterocycles. The smallest absolute Gasteiger partial charge is 0.165 e. The van der Waals surface area contributed by atoms with Crippen molar-refractivity contribution in [3.05, 3.63) is 53.7 Å². The maximum atomic E-state index is 13.4. The Bertz CT molecular complexity index is 468. The van der Waals surface area contributed by atoms with Crippen LogP contribution >= 0.6 is 0 Å². The highest BCUT2D eigenvalue weighted by atomic mass is 19.1. The van der Waals surface area contributed by atoms with Gasteiger partial charge in [0.2, 0.25) is 0 Å². The fourth-order valence-electron chi connectivity index (χ4n) is 1.56. The average Bonchev–Trinajstić information content (AvgIpc) is 2.82. The van der Waals surface area contributed by atoms with E-state index in [0.29, 0.717) is 13.1 Å². The van der Waals surface area contributed by atoms with Crippen LogP contribution in [0.3, 0.4) is 0 Å². The van der Waals surface area contributed by atoms with E-state index in [1.807, 2.05) is 18.2 Å². The zero-order chi connectivity index (χ0) is 12.1. The van der Waals surface area contributed by atoms with Crippen LogP contribution in [0.1, 0.15) is 11.3 Å². The highest BCUT2D eigenvalue weighted by Gasteiger charge is 2.03. The number of rotatable bonds is 5. The first-order valence-corrected chi connectivity index (χ1v) is 5.35. The van der Waals surface area contributed by atoms with Crippen molar-refractivity contribution in [1.82, 2.24) is 5.32 Å². The van der Waals surface area contributed by atoms with Gasteiger partial charge in [-0.2, -0.15) is 0 Å². The highest BCUT2D eigenvalue weighted by Crippen LogP contribution is 2.17. The lowest BCUT2D eigenvalue weighted by atomic mass is 10.2. The molecular formula is C13H14FNO2. The summed E-state index contributed by atoms with van der Waals surface area (Å²) >= 11 is 0. The lowest BCUT2D eigenvalue weighted by molar-refractivity contribution is 0.386. The second-order valence-corrected chi connectivity index (χ2v) is 3.65. The van der Waals surface area contributed by atoms with Crippen molar-refractivity contribution in [2.75, 3.05) is 7.11 Å². The van der Waals surface area contributed by atoms with Crippen molar-refractivity contribution >= 4 is 0 Å². The van der Waals surface area contributed by atoms with Gasteiger partial charge in [-0.05, 0) is 29.8 Å². The van der Waals surface area contributed by atoms with E-state index < -0.39 is 0 Å². The predicted molar refractivity (Wildman–Crippen MR) is 62.2 cm³/mol. The van der Waals surface area contributed by atoms with Crippen molar-refractivity contribution in [3.8, 4) is 5.75 Å². The van der Waals surface area contributed by atoms with E-state index in [0.717, 1.165) is 11.3 Å². The Hall–Kier alpha value is -1.81. The average molecular weight is 235 g/mol. The van der Waals surface area contributed by atoms with Crippen LogP contribution in [0.4, 0.5) is 4.39 Å². The van der Waals surface area contributed by atoms with Crippen LogP contribution in [-0.2, 0) is 13.1 Å². The molecule has 2 aromatic rings. The molecule has 0 radical (unpaired) electrons. The monoisotopic (exact) mass is 235 g/mol. The van der Waals surface area contributed by atoms with E-state index in [1.54, 1.807) is 12.3 Å². The van der Waals surface area contributed by atoms with Crippen molar-refractivity contribution in [3.63, 3.8) is 0 Å². The molecule has 4 heteroatoms. The predicted octanol–water partition coefficient (Wildman–Crippen LogP) is 2.72. The van der Waals surface area contributed by atoms with Gasteiger partial charge in [0.15, 0.2) is 11.6 Å². The molecule has 0 aliphatic carbocycles. The molecule has 2 rings (SSSR count). The molecule has 0 amide bonds. The number of methoxy groups -OCH3 is 1. The molecule has 1 aromatic carbocycles. The summed E-state index contributed by atoms with van der Waals surface area (Å²) in [6, 6.07) is 8.65. The lowest BCUT2D eigenvalue weighted by Crippen LogP contribution is -2.12. The summed E-state index contributed by atoms with van der Waals surface area (Å²) in [6.45, 7) is 1.21. The molecule has 0 spiro atoms. The van der Waals surface area contributed by atoms with Gasteiger partial charge in [0.1, 0.15) is 5.76 Å².